The van der Waals surface area contributed by atoms with E-state index in [9.17, 15) is 0 Å². The number of nitrogens with zero attached hydrogens (tertiary/aromatic N) is 3. The summed E-state index contributed by atoms with van der Waals surface area (Å²) in [5.41, 5.74) is 0.905. The first-order chi connectivity index (χ1) is 10.7. The largest absolute Gasteiger partial charge is 0.359 e. The van der Waals surface area contributed by atoms with E-state index in [0.29, 0.717) is 12.6 Å². The molecule has 0 aromatic carbocycles. The molecule has 22 heavy (non-hydrogen) atoms. The first-order valence-corrected chi connectivity index (χ1v) is 8.38. The molecule has 1 unspecified atom stereocenters. The number of nitrogens with one attached hydrogen (secondary N) is 2. The Hall–Kier alpha value is -1.56. The Morgan fingerprint density at radius 3 is 2.91 bits per heavy atom. The first kappa shape index (κ1) is 15.3. The van der Waals surface area contributed by atoms with E-state index in [4.69, 9.17) is 4.52 Å². The van der Waals surface area contributed by atoms with Crippen molar-refractivity contribution in [2.75, 3.05) is 20.1 Å². The average molecular weight is 305 g/mol. The lowest BCUT2D eigenvalue weighted by Gasteiger charge is -2.24. The van der Waals surface area contributed by atoms with Gasteiger partial charge in [0.15, 0.2) is 11.7 Å². The molecule has 2 N–H and O–H groups in total. The smallest absolute Gasteiger partial charge is 0.191 e. The zero-order valence-electron chi connectivity index (χ0n) is 13.6. The lowest BCUT2D eigenvalue weighted by atomic mass is 10.2. The summed E-state index contributed by atoms with van der Waals surface area (Å²) in [4.78, 5) is 6.96. The van der Waals surface area contributed by atoms with Crippen LogP contribution in [-0.4, -0.2) is 48.2 Å². The SMILES string of the molecule is CN=C(NCc1cc(C)no1)NC1CCN(C2CCCC2)C1. The second-order valence-electron chi connectivity index (χ2n) is 6.42. The fourth-order valence-electron chi connectivity index (χ4n) is 3.56. The van der Waals surface area contributed by atoms with Crippen LogP contribution < -0.4 is 10.6 Å². The highest BCUT2D eigenvalue weighted by molar-refractivity contribution is 5.79. The fourth-order valence-corrected chi connectivity index (χ4v) is 3.56. The van der Waals surface area contributed by atoms with Crippen LogP contribution in [0.15, 0.2) is 15.6 Å². The summed E-state index contributed by atoms with van der Waals surface area (Å²) >= 11 is 0. The summed E-state index contributed by atoms with van der Waals surface area (Å²) < 4.78 is 5.21. The molecular formula is C16H27N5O. The lowest BCUT2D eigenvalue weighted by Crippen LogP contribution is -2.45. The van der Waals surface area contributed by atoms with Crippen LogP contribution in [-0.2, 0) is 6.54 Å². The van der Waals surface area contributed by atoms with Gasteiger partial charge in [0.1, 0.15) is 0 Å². The number of rotatable bonds is 4. The maximum Gasteiger partial charge on any atom is 0.191 e. The van der Waals surface area contributed by atoms with Gasteiger partial charge in [0.05, 0.1) is 12.2 Å². The van der Waals surface area contributed by atoms with Gasteiger partial charge in [-0.15, -0.1) is 0 Å². The molecular weight excluding hydrogens is 278 g/mol. The number of aliphatic imine (C=N–C) groups is 1. The first-order valence-electron chi connectivity index (χ1n) is 8.38. The van der Waals surface area contributed by atoms with E-state index in [1.807, 2.05) is 20.0 Å². The van der Waals surface area contributed by atoms with Crippen LogP contribution >= 0.6 is 0 Å². The Kier molecular flexibility index (Phi) is 4.97. The van der Waals surface area contributed by atoms with E-state index >= 15 is 0 Å². The van der Waals surface area contributed by atoms with Gasteiger partial charge in [-0.05, 0) is 26.2 Å². The number of hydrogen-bond acceptors (Lipinski definition) is 4. The quantitative estimate of drug-likeness (QED) is 0.654. The number of likely N-dealkylation sites (tertiary alicyclic amines) is 1. The molecule has 6 heteroatoms. The Morgan fingerprint density at radius 2 is 2.23 bits per heavy atom. The zero-order chi connectivity index (χ0) is 15.4. The van der Waals surface area contributed by atoms with Crippen LogP contribution in [0, 0.1) is 6.92 Å². The minimum Gasteiger partial charge on any atom is -0.359 e. The molecule has 122 valence electrons. The molecule has 3 rings (SSSR count). The number of guanidine groups is 1. The predicted octanol–water partition coefficient (Wildman–Crippen LogP) is 1.66. The van der Waals surface area contributed by atoms with Crippen molar-refractivity contribution in [2.45, 2.75) is 57.7 Å². The van der Waals surface area contributed by atoms with Gasteiger partial charge >= 0.3 is 0 Å². The van der Waals surface area contributed by atoms with Crippen molar-refractivity contribution in [3.8, 4) is 0 Å². The second-order valence-corrected chi connectivity index (χ2v) is 6.42. The Balaban J connectivity index is 1.44. The van der Waals surface area contributed by atoms with Gasteiger partial charge in [-0.3, -0.25) is 9.89 Å². The van der Waals surface area contributed by atoms with Crippen LogP contribution in [0.3, 0.4) is 0 Å². The summed E-state index contributed by atoms with van der Waals surface area (Å²) in [6.07, 6.45) is 6.76. The van der Waals surface area contributed by atoms with Gasteiger partial charge in [-0.2, -0.15) is 0 Å². The summed E-state index contributed by atoms with van der Waals surface area (Å²) in [5, 5.41) is 10.7. The number of hydrogen-bond donors (Lipinski definition) is 2. The topological polar surface area (TPSA) is 65.7 Å². The minimum atomic E-state index is 0.489. The predicted molar refractivity (Wildman–Crippen MR) is 86.8 cm³/mol. The van der Waals surface area contributed by atoms with Crippen LogP contribution in [0.4, 0.5) is 0 Å². The van der Waals surface area contributed by atoms with Crippen molar-refractivity contribution < 1.29 is 4.52 Å². The summed E-state index contributed by atoms with van der Waals surface area (Å²) in [6, 6.07) is 3.25. The van der Waals surface area contributed by atoms with Crippen molar-refractivity contribution in [3.63, 3.8) is 0 Å². The van der Waals surface area contributed by atoms with Gasteiger partial charge in [-0.1, -0.05) is 18.0 Å². The van der Waals surface area contributed by atoms with Crippen molar-refractivity contribution >= 4 is 5.96 Å². The molecule has 1 saturated carbocycles. The molecule has 6 nitrogen and oxygen atoms in total. The van der Waals surface area contributed by atoms with Crippen LogP contribution in [0.1, 0.15) is 43.6 Å². The zero-order valence-corrected chi connectivity index (χ0v) is 13.6. The maximum atomic E-state index is 5.21. The van der Waals surface area contributed by atoms with Crippen molar-refractivity contribution in [2.24, 2.45) is 4.99 Å². The van der Waals surface area contributed by atoms with Gasteiger partial charge in [-0.25, -0.2) is 0 Å². The highest BCUT2D eigenvalue weighted by atomic mass is 16.5. The second kappa shape index (κ2) is 7.13. The number of aromatic nitrogens is 1. The molecule has 0 spiro atoms. The molecule has 1 aromatic heterocycles. The third-order valence-electron chi connectivity index (χ3n) is 4.73. The molecule has 1 atom stereocenters. The monoisotopic (exact) mass is 305 g/mol. The molecule has 0 radical (unpaired) electrons. The summed E-state index contributed by atoms with van der Waals surface area (Å²) in [7, 11) is 1.81. The summed E-state index contributed by atoms with van der Waals surface area (Å²) in [5.74, 6) is 1.67. The molecule has 2 heterocycles. The third kappa shape index (κ3) is 3.80. The molecule has 2 fully saturated rings. The van der Waals surface area contributed by atoms with Crippen molar-refractivity contribution in [1.29, 1.82) is 0 Å². The average Bonchev–Trinajstić information content (AvgIpc) is 3.24. The highest BCUT2D eigenvalue weighted by Gasteiger charge is 2.30. The number of aryl methyl sites for hydroxylation is 1. The molecule has 1 aliphatic carbocycles. The third-order valence-corrected chi connectivity index (χ3v) is 4.73. The normalized spacial score (nSPS) is 24.1. The maximum absolute atomic E-state index is 5.21. The van der Waals surface area contributed by atoms with Crippen LogP contribution in [0.2, 0.25) is 0 Å². The Labute approximate surface area is 132 Å². The van der Waals surface area contributed by atoms with E-state index in [1.54, 1.807) is 0 Å². The van der Waals surface area contributed by atoms with E-state index in [1.165, 1.54) is 38.6 Å². The molecule has 1 aromatic rings. The molecule has 1 saturated heterocycles. The Morgan fingerprint density at radius 1 is 1.41 bits per heavy atom. The van der Waals surface area contributed by atoms with Crippen LogP contribution in [0.5, 0.6) is 0 Å². The van der Waals surface area contributed by atoms with Crippen LogP contribution in [0.25, 0.3) is 0 Å². The minimum absolute atomic E-state index is 0.489. The lowest BCUT2D eigenvalue weighted by molar-refractivity contribution is 0.242. The van der Waals surface area contributed by atoms with Gasteiger partial charge in [0, 0.05) is 38.3 Å². The van der Waals surface area contributed by atoms with Gasteiger partial charge < -0.3 is 15.2 Å². The van der Waals surface area contributed by atoms with E-state index in [2.05, 4.69) is 25.7 Å². The van der Waals surface area contributed by atoms with Crippen molar-refractivity contribution in [3.05, 3.63) is 17.5 Å². The molecule has 1 aliphatic heterocycles. The van der Waals surface area contributed by atoms with E-state index in [-0.39, 0.29) is 0 Å². The van der Waals surface area contributed by atoms with Crippen molar-refractivity contribution in [1.82, 2.24) is 20.7 Å². The Bertz CT molecular complexity index is 506. The fraction of sp³-hybridized carbons (Fsp3) is 0.750. The van der Waals surface area contributed by atoms with Gasteiger partial charge in [0.2, 0.25) is 0 Å². The molecule has 0 bridgehead atoms. The van der Waals surface area contributed by atoms with E-state index in [0.717, 1.165) is 30.0 Å². The van der Waals surface area contributed by atoms with E-state index < -0.39 is 0 Å². The highest BCUT2D eigenvalue weighted by Crippen LogP contribution is 2.26. The standard InChI is InChI=1S/C16H27N5O/c1-12-9-15(22-20-12)10-18-16(17-2)19-13-7-8-21(11-13)14-5-3-4-6-14/h9,13-14H,3-8,10-11H2,1-2H3,(H2,17,18,19). The molecule has 2 aliphatic rings. The molecule has 0 amide bonds. The van der Waals surface area contributed by atoms with Gasteiger partial charge in [0.25, 0.3) is 0 Å². The summed E-state index contributed by atoms with van der Waals surface area (Å²) in [6.45, 7) is 4.88.